The molecule has 1 aromatic rings. The standard InChI is InChI=1S/C11H15BrFNO/c1-8(2)15-6-5-14-9-3-4-10(12)11(13)7-9/h3-4,7-8,14H,5-6H2,1-2H3. The van der Waals surface area contributed by atoms with Gasteiger partial charge in [-0.1, -0.05) is 0 Å². The molecule has 0 bridgehead atoms. The Bertz CT molecular complexity index is 317. The van der Waals surface area contributed by atoms with Crippen LogP contribution in [-0.4, -0.2) is 19.3 Å². The summed E-state index contributed by atoms with van der Waals surface area (Å²) >= 11 is 3.10. The summed E-state index contributed by atoms with van der Waals surface area (Å²) in [5.41, 5.74) is 0.767. The van der Waals surface area contributed by atoms with E-state index in [1.54, 1.807) is 6.07 Å². The second-order valence-corrected chi connectivity index (χ2v) is 4.33. The number of halogens is 2. The molecule has 0 fully saturated rings. The third-order valence-electron chi connectivity index (χ3n) is 1.80. The van der Waals surface area contributed by atoms with Gasteiger partial charge in [-0.2, -0.15) is 0 Å². The van der Waals surface area contributed by atoms with Crippen molar-refractivity contribution in [2.45, 2.75) is 20.0 Å². The first-order valence-electron chi connectivity index (χ1n) is 4.90. The van der Waals surface area contributed by atoms with E-state index in [1.165, 1.54) is 6.07 Å². The molecule has 1 aromatic carbocycles. The van der Waals surface area contributed by atoms with E-state index in [2.05, 4.69) is 21.2 Å². The number of benzene rings is 1. The Morgan fingerprint density at radius 3 is 2.80 bits per heavy atom. The molecule has 1 rings (SSSR count). The van der Waals surface area contributed by atoms with E-state index in [1.807, 2.05) is 19.9 Å². The molecule has 0 atom stereocenters. The lowest BCUT2D eigenvalue weighted by atomic mass is 10.3. The third-order valence-corrected chi connectivity index (χ3v) is 2.45. The van der Waals surface area contributed by atoms with E-state index in [9.17, 15) is 4.39 Å². The first-order valence-corrected chi connectivity index (χ1v) is 5.69. The van der Waals surface area contributed by atoms with Crippen LogP contribution in [-0.2, 0) is 4.74 Å². The molecule has 0 heterocycles. The predicted molar refractivity (Wildman–Crippen MR) is 63.7 cm³/mol. The van der Waals surface area contributed by atoms with Crippen LogP contribution in [0.15, 0.2) is 22.7 Å². The molecule has 0 aromatic heterocycles. The molecule has 0 radical (unpaired) electrons. The van der Waals surface area contributed by atoms with Gasteiger partial charge in [-0.05, 0) is 48.0 Å². The van der Waals surface area contributed by atoms with Crippen LogP contribution in [0.25, 0.3) is 0 Å². The number of rotatable bonds is 5. The van der Waals surface area contributed by atoms with Gasteiger partial charge in [0, 0.05) is 12.2 Å². The largest absolute Gasteiger partial charge is 0.383 e. The third kappa shape index (κ3) is 4.62. The molecule has 15 heavy (non-hydrogen) atoms. The summed E-state index contributed by atoms with van der Waals surface area (Å²) in [4.78, 5) is 0. The number of hydrogen-bond acceptors (Lipinski definition) is 2. The Labute approximate surface area is 98.0 Å². The van der Waals surface area contributed by atoms with Gasteiger partial charge in [0.05, 0.1) is 17.2 Å². The van der Waals surface area contributed by atoms with Crippen LogP contribution in [0.1, 0.15) is 13.8 Å². The number of hydrogen-bond donors (Lipinski definition) is 1. The Balaban J connectivity index is 2.35. The van der Waals surface area contributed by atoms with Crippen molar-refractivity contribution in [3.05, 3.63) is 28.5 Å². The smallest absolute Gasteiger partial charge is 0.139 e. The van der Waals surface area contributed by atoms with Crippen LogP contribution < -0.4 is 5.32 Å². The number of nitrogens with one attached hydrogen (secondary N) is 1. The number of anilines is 1. The SMILES string of the molecule is CC(C)OCCNc1ccc(Br)c(F)c1. The maximum Gasteiger partial charge on any atom is 0.139 e. The van der Waals surface area contributed by atoms with E-state index >= 15 is 0 Å². The lowest BCUT2D eigenvalue weighted by Crippen LogP contribution is -2.13. The average molecular weight is 276 g/mol. The minimum absolute atomic E-state index is 0.230. The van der Waals surface area contributed by atoms with E-state index in [-0.39, 0.29) is 11.9 Å². The van der Waals surface area contributed by atoms with E-state index in [0.717, 1.165) is 5.69 Å². The Morgan fingerprint density at radius 2 is 2.20 bits per heavy atom. The molecule has 1 N–H and O–H groups in total. The fraction of sp³-hybridized carbons (Fsp3) is 0.455. The van der Waals surface area contributed by atoms with Crippen LogP contribution in [0.2, 0.25) is 0 Å². The van der Waals surface area contributed by atoms with E-state index in [4.69, 9.17) is 4.74 Å². The van der Waals surface area contributed by atoms with Gasteiger partial charge in [0.25, 0.3) is 0 Å². The topological polar surface area (TPSA) is 21.3 Å². The normalized spacial score (nSPS) is 10.7. The lowest BCUT2D eigenvalue weighted by molar-refractivity contribution is 0.0870. The molecule has 0 aliphatic rings. The Kier molecular flexibility index (Phi) is 5.05. The van der Waals surface area contributed by atoms with Crippen molar-refractivity contribution in [2.75, 3.05) is 18.5 Å². The Morgan fingerprint density at radius 1 is 1.47 bits per heavy atom. The van der Waals surface area contributed by atoms with Crippen molar-refractivity contribution in [1.82, 2.24) is 0 Å². The summed E-state index contributed by atoms with van der Waals surface area (Å²) in [5, 5.41) is 3.08. The van der Waals surface area contributed by atoms with Crippen molar-refractivity contribution < 1.29 is 9.13 Å². The monoisotopic (exact) mass is 275 g/mol. The summed E-state index contributed by atoms with van der Waals surface area (Å²) in [5.74, 6) is -0.259. The van der Waals surface area contributed by atoms with Crippen LogP contribution >= 0.6 is 15.9 Å². The van der Waals surface area contributed by atoms with Crippen molar-refractivity contribution in [1.29, 1.82) is 0 Å². The maximum absolute atomic E-state index is 13.1. The highest BCUT2D eigenvalue weighted by atomic mass is 79.9. The van der Waals surface area contributed by atoms with E-state index < -0.39 is 0 Å². The first-order chi connectivity index (χ1) is 7.09. The van der Waals surface area contributed by atoms with Crippen molar-refractivity contribution >= 4 is 21.6 Å². The molecule has 0 amide bonds. The molecule has 0 aliphatic heterocycles. The zero-order valence-electron chi connectivity index (χ0n) is 8.89. The maximum atomic E-state index is 13.1. The average Bonchev–Trinajstić information content (AvgIpc) is 2.18. The van der Waals surface area contributed by atoms with Crippen LogP contribution in [0, 0.1) is 5.82 Å². The predicted octanol–water partition coefficient (Wildman–Crippen LogP) is 3.43. The fourth-order valence-corrected chi connectivity index (χ4v) is 1.34. The van der Waals surface area contributed by atoms with Gasteiger partial charge in [0.15, 0.2) is 0 Å². The molecular weight excluding hydrogens is 261 g/mol. The summed E-state index contributed by atoms with van der Waals surface area (Å²) in [7, 11) is 0. The summed E-state index contributed by atoms with van der Waals surface area (Å²) < 4.78 is 18.9. The summed E-state index contributed by atoms with van der Waals surface area (Å²) in [6, 6.07) is 4.96. The highest BCUT2D eigenvalue weighted by Gasteiger charge is 2.00. The van der Waals surface area contributed by atoms with Crippen LogP contribution in [0.3, 0.4) is 0 Å². The minimum atomic E-state index is -0.259. The van der Waals surface area contributed by atoms with Gasteiger partial charge in [-0.25, -0.2) is 4.39 Å². The fourth-order valence-electron chi connectivity index (χ4n) is 1.10. The minimum Gasteiger partial charge on any atom is -0.383 e. The van der Waals surface area contributed by atoms with Gasteiger partial charge in [-0.15, -0.1) is 0 Å². The second kappa shape index (κ2) is 6.08. The first kappa shape index (κ1) is 12.5. The molecule has 0 aliphatic carbocycles. The quantitative estimate of drug-likeness (QED) is 0.832. The summed E-state index contributed by atoms with van der Waals surface area (Å²) in [6.07, 6.45) is 0.230. The van der Waals surface area contributed by atoms with Gasteiger partial charge in [-0.3, -0.25) is 0 Å². The molecule has 0 saturated carbocycles. The molecule has 4 heteroatoms. The van der Waals surface area contributed by atoms with Crippen LogP contribution in [0.4, 0.5) is 10.1 Å². The summed E-state index contributed by atoms with van der Waals surface area (Å²) in [6.45, 7) is 5.27. The van der Waals surface area contributed by atoms with E-state index in [0.29, 0.717) is 17.6 Å². The zero-order valence-corrected chi connectivity index (χ0v) is 10.5. The van der Waals surface area contributed by atoms with Gasteiger partial charge >= 0.3 is 0 Å². The second-order valence-electron chi connectivity index (χ2n) is 3.48. The van der Waals surface area contributed by atoms with Gasteiger partial charge in [0.1, 0.15) is 5.82 Å². The molecule has 0 unspecified atom stereocenters. The molecule has 0 spiro atoms. The van der Waals surface area contributed by atoms with Gasteiger partial charge < -0.3 is 10.1 Å². The Hall–Kier alpha value is -0.610. The van der Waals surface area contributed by atoms with Crippen LogP contribution in [0.5, 0.6) is 0 Å². The van der Waals surface area contributed by atoms with Crippen molar-refractivity contribution in [2.24, 2.45) is 0 Å². The highest BCUT2D eigenvalue weighted by Crippen LogP contribution is 2.18. The molecule has 84 valence electrons. The van der Waals surface area contributed by atoms with Crippen molar-refractivity contribution in [3.8, 4) is 0 Å². The van der Waals surface area contributed by atoms with Gasteiger partial charge in [0.2, 0.25) is 0 Å². The molecule has 2 nitrogen and oxygen atoms in total. The van der Waals surface area contributed by atoms with Crippen molar-refractivity contribution in [3.63, 3.8) is 0 Å². The highest BCUT2D eigenvalue weighted by molar-refractivity contribution is 9.10. The molecular formula is C11H15BrFNO. The molecule has 0 saturated heterocycles. The lowest BCUT2D eigenvalue weighted by Gasteiger charge is -2.09. The zero-order chi connectivity index (χ0) is 11.3. The number of ether oxygens (including phenoxy) is 1.